The van der Waals surface area contributed by atoms with E-state index in [-0.39, 0.29) is 16.6 Å². The van der Waals surface area contributed by atoms with E-state index < -0.39 is 16.1 Å². The van der Waals surface area contributed by atoms with Gasteiger partial charge in [-0.05, 0) is 54.7 Å². The number of halogens is 1. The van der Waals surface area contributed by atoms with E-state index in [1.54, 1.807) is 30.0 Å². The van der Waals surface area contributed by atoms with Gasteiger partial charge < -0.3 is 5.32 Å². The smallest absolute Gasteiger partial charge is 0.263 e. The Morgan fingerprint density at radius 3 is 2.66 bits per heavy atom. The van der Waals surface area contributed by atoms with Gasteiger partial charge in [-0.2, -0.15) is 11.8 Å². The van der Waals surface area contributed by atoms with Crippen LogP contribution in [0, 0.1) is 0 Å². The number of amides is 1. The van der Waals surface area contributed by atoms with E-state index >= 15 is 0 Å². The van der Waals surface area contributed by atoms with Crippen LogP contribution < -0.4 is 10.0 Å². The maximum absolute atomic E-state index is 12.7. The molecule has 0 saturated heterocycles. The van der Waals surface area contributed by atoms with Gasteiger partial charge in [0, 0.05) is 17.1 Å². The van der Waals surface area contributed by atoms with Crippen LogP contribution in [0.15, 0.2) is 58.4 Å². The summed E-state index contributed by atoms with van der Waals surface area (Å²) in [6.07, 6.45) is 3.14. The van der Waals surface area contributed by atoms with Crippen LogP contribution in [-0.2, 0) is 21.2 Å². The van der Waals surface area contributed by atoms with Gasteiger partial charge in [0.15, 0.2) is 0 Å². The van der Waals surface area contributed by atoms with E-state index in [0.29, 0.717) is 30.0 Å². The van der Waals surface area contributed by atoms with E-state index in [0.717, 1.165) is 11.3 Å². The van der Waals surface area contributed by atoms with Crippen molar-refractivity contribution < 1.29 is 13.2 Å². The van der Waals surface area contributed by atoms with Crippen LogP contribution in [0.1, 0.15) is 17.5 Å². The highest BCUT2D eigenvalue weighted by atomic mass is 35.5. The molecule has 0 aliphatic carbocycles. The van der Waals surface area contributed by atoms with E-state index in [1.165, 1.54) is 6.07 Å². The molecular formula is C20H22ClN3O3S2. The number of nitrogens with one attached hydrogen (secondary N) is 2. The summed E-state index contributed by atoms with van der Waals surface area (Å²) in [6.45, 7) is 0.462. The van der Waals surface area contributed by atoms with Crippen LogP contribution in [0.5, 0.6) is 0 Å². The molecule has 0 bridgehead atoms. The van der Waals surface area contributed by atoms with Gasteiger partial charge in [0.25, 0.3) is 10.0 Å². The highest BCUT2D eigenvalue weighted by molar-refractivity contribution is 7.98. The number of nitrogens with zero attached hydrogens (tertiary/aromatic N) is 1. The van der Waals surface area contributed by atoms with Crippen molar-refractivity contribution in [3.63, 3.8) is 0 Å². The van der Waals surface area contributed by atoms with Crippen LogP contribution >= 0.6 is 23.4 Å². The first-order valence-corrected chi connectivity index (χ1v) is 12.4. The fraction of sp³-hybridized carbons (Fsp3) is 0.300. The molecule has 1 aliphatic rings. The average Bonchev–Trinajstić information content (AvgIpc) is 2.97. The van der Waals surface area contributed by atoms with Gasteiger partial charge in [-0.1, -0.05) is 35.9 Å². The fourth-order valence-corrected chi connectivity index (χ4v) is 4.79. The lowest BCUT2D eigenvalue weighted by atomic mass is 10.1. The molecule has 0 unspecified atom stereocenters. The van der Waals surface area contributed by atoms with Crippen LogP contribution in [-0.4, -0.2) is 44.8 Å². The van der Waals surface area contributed by atoms with E-state index in [4.69, 9.17) is 11.6 Å². The average molecular weight is 452 g/mol. The molecule has 0 radical (unpaired) electrons. The van der Waals surface area contributed by atoms with Gasteiger partial charge in [-0.15, -0.1) is 0 Å². The topological polar surface area (TPSA) is 87.6 Å². The Labute approximate surface area is 180 Å². The summed E-state index contributed by atoms with van der Waals surface area (Å²) in [4.78, 5) is 17.4. The summed E-state index contributed by atoms with van der Waals surface area (Å²) in [7, 11) is -3.63. The van der Waals surface area contributed by atoms with Gasteiger partial charge >= 0.3 is 0 Å². The van der Waals surface area contributed by atoms with Gasteiger partial charge in [-0.3, -0.25) is 14.5 Å². The maximum atomic E-state index is 12.7. The number of carbonyl (C=O) groups excluding carboxylic acids is 1. The number of carbonyl (C=O) groups is 1. The Bertz CT molecular complexity index is 1010. The summed E-state index contributed by atoms with van der Waals surface area (Å²) in [5, 5.41) is 3.58. The van der Waals surface area contributed by atoms with Gasteiger partial charge in [-0.25, -0.2) is 8.42 Å². The molecule has 2 N–H and O–H groups in total. The summed E-state index contributed by atoms with van der Waals surface area (Å²) in [5.41, 5.74) is 1.56. The molecule has 1 aliphatic heterocycles. The number of sulfonamides is 1. The Kier molecular flexibility index (Phi) is 7.21. The lowest BCUT2D eigenvalue weighted by Gasteiger charge is -2.14. The summed E-state index contributed by atoms with van der Waals surface area (Å²) >= 11 is 7.50. The zero-order valence-corrected chi connectivity index (χ0v) is 18.3. The highest BCUT2D eigenvalue weighted by Crippen LogP contribution is 2.23. The normalized spacial score (nSPS) is 16.8. The molecule has 29 heavy (non-hydrogen) atoms. The molecule has 2 aromatic rings. The van der Waals surface area contributed by atoms with Crippen LogP contribution in [0.4, 0.5) is 0 Å². The minimum absolute atomic E-state index is 0.186. The third-order valence-corrected chi connectivity index (χ3v) is 6.76. The zero-order chi connectivity index (χ0) is 20.9. The van der Waals surface area contributed by atoms with Gasteiger partial charge in [0.2, 0.25) is 5.91 Å². The number of fused-ring (bicyclic) bond motifs is 1. The van der Waals surface area contributed by atoms with Crippen molar-refractivity contribution in [3.8, 4) is 0 Å². The second-order valence-corrected chi connectivity index (χ2v) is 9.62. The quantitative estimate of drug-likeness (QED) is 0.646. The third kappa shape index (κ3) is 5.52. The molecule has 0 saturated carbocycles. The Morgan fingerprint density at radius 2 is 1.93 bits per heavy atom. The predicted octanol–water partition coefficient (Wildman–Crippen LogP) is 2.86. The number of hydrogen-bond acceptors (Lipinski definition) is 5. The molecule has 9 heteroatoms. The molecular weight excluding hydrogens is 430 g/mol. The van der Waals surface area contributed by atoms with Gasteiger partial charge in [0.05, 0.1) is 4.90 Å². The second-order valence-electron chi connectivity index (χ2n) is 6.54. The van der Waals surface area contributed by atoms with Crippen molar-refractivity contribution in [2.24, 2.45) is 4.99 Å². The highest BCUT2D eigenvalue weighted by Gasteiger charge is 2.31. The van der Waals surface area contributed by atoms with Crippen LogP contribution in [0.25, 0.3) is 0 Å². The van der Waals surface area contributed by atoms with Crippen molar-refractivity contribution in [1.82, 2.24) is 10.0 Å². The summed E-state index contributed by atoms with van der Waals surface area (Å²) < 4.78 is 27.0. The molecule has 154 valence electrons. The number of thioether (sulfide) groups is 1. The molecule has 0 spiro atoms. The number of aliphatic imine (C=N–C) groups is 1. The van der Waals surface area contributed by atoms with Crippen LogP contribution in [0.3, 0.4) is 0 Å². The molecule has 2 aromatic carbocycles. The monoisotopic (exact) mass is 451 g/mol. The number of hydrogen-bond donors (Lipinski definition) is 2. The minimum Gasteiger partial charge on any atom is -0.354 e. The molecule has 1 atom stereocenters. The summed E-state index contributed by atoms with van der Waals surface area (Å²) in [6, 6.07) is 13.4. The van der Waals surface area contributed by atoms with E-state index in [1.807, 2.05) is 30.5 Å². The summed E-state index contributed by atoms with van der Waals surface area (Å²) in [5.74, 6) is 0.740. The SMILES string of the molecule is CSCC[C@H](N=C1NS(=O)(=O)c2ccccc21)C(=O)NCCc1ccc(Cl)cc1. The Hall–Kier alpha value is -2.03. The maximum Gasteiger partial charge on any atom is 0.263 e. The number of benzene rings is 2. The minimum atomic E-state index is -3.63. The molecule has 0 aromatic heterocycles. The predicted molar refractivity (Wildman–Crippen MR) is 118 cm³/mol. The lowest BCUT2D eigenvalue weighted by molar-refractivity contribution is -0.122. The first kappa shape index (κ1) is 21.7. The van der Waals surface area contributed by atoms with E-state index in [2.05, 4.69) is 15.0 Å². The molecule has 3 rings (SSSR count). The van der Waals surface area contributed by atoms with Crippen molar-refractivity contribution in [1.29, 1.82) is 0 Å². The standard InChI is InChI=1S/C20H22ClN3O3S2/c1-28-13-11-17(20(25)22-12-10-14-6-8-15(21)9-7-14)23-19-16-4-2-3-5-18(16)29(26,27)24-19/h2-9,17H,10-13H2,1H3,(H,22,25)(H,23,24)/t17-/m0/s1. The third-order valence-electron chi connectivity index (χ3n) is 4.47. The van der Waals surface area contributed by atoms with Crippen molar-refractivity contribution in [2.75, 3.05) is 18.6 Å². The molecule has 6 nitrogen and oxygen atoms in total. The van der Waals surface area contributed by atoms with Gasteiger partial charge in [0.1, 0.15) is 11.9 Å². The molecule has 1 amide bonds. The largest absolute Gasteiger partial charge is 0.354 e. The van der Waals surface area contributed by atoms with Crippen LogP contribution in [0.2, 0.25) is 5.02 Å². The van der Waals surface area contributed by atoms with E-state index in [9.17, 15) is 13.2 Å². The van der Waals surface area contributed by atoms with Crippen molar-refractivity contribution >= 4 is 45.1 Å². The first-order valence-electron chi connectivity index (χ1n) is 9.12. The zero-order valence-electron chi connectivity index (χ0n) is 15.9. The van der Waals surface area contributed by atoms with Crippen molar-refractivity contribution in [3.05, 3.63) is 64.7 Å². The van der Waals surface area contributed by atoms with Crippen molar-refractivity contribution in [2.45, 2.75) is 23.8 Å². The Balaban J connectivity index is 1.71. The fourth-order valence-electron chi connectivity index (χ4n) is 2.97. The molecule has 0 fully saturated rings. The number of amidine groups is 1. The number of rotatable bonds is 8. The molecule has 1 heterocycles. The Morgan fingerprint density at radius 1 is 1.21 bits per heavy atom. The lowest BCUT2D eigenvalue weighted by Crippen LogP contribution is -2.37. The second kappa shape index (κ2) is 9.65. The first-order chi connectivity index (χ1) is 13.9.